The first-order valence-electron chi connectivity index (χ1n) is 8.58. The van der Waals surface area contributed by atoms with Crippen molar-refractivity contribution in [3.8, 4) is 17.3 Å². The van der Waals surface area contributed by atoms with Crippen molar-refractivity contribution in [2.24, 2.45) is 0 Å². The second kappa shape index (κ2) is 7.40. The molecule has 0 aliphatic rings. The number of nitrogens with one attached hydrogen (secondary N) is 1. The first-order chi connectivity index (χ1) is 13.7. The minimum Gasteiger partial charge on any atom is -0.497 e. The lowest BCUT2D eigenvalue weighted by molar-refractivity contribution is 0.102. The van der Waals surface area contributed by atoms with Crippen molar-refractivity contribution < 1.29 is 13.9 Å². The largest absolute Gasteiger partial charge is 0.497 e. The Labute approximate surface area is 160 Å². The van der Waals surface area contributed by atoms with E-state index < -0.39 is 0 Å². The number of benzene rings is 2. The van der Waals surface area contributed by atoms with Crippen molar-refractivity contribution in [3.63, 3.8) is 0 Å². The number of aromatic nitrogens is 3. The normalized spacial score (nSPS) is 10.6. The fourth-order valence-electron chi connectivity index (χ4n) is 2.92. The zero-order chi connectivity index (χ0) is 19.5. The van der Waals surface area contributed by atoms with E-state index >= 15 is 0 Å². The minimum absolute atomic E-state index is 0.334. The molecule has 0 saturated carbocycles. The molecule has 0 radical (unpaired) electrons. The van der Waals surface area contributed by atoms with Crippen LogP contribution in [0.2, 0.25) is 0 Å². The van der Waals surface area contributed by atoms with Gasteiger partial charge < -0.3 is 14.6 Å². The summed E-state index contributed by atoms with van der Waals surface area (Å²) in [6.07, 6.45) is 5.07. The monoisotopic (exact) mass is 376 g/mol. The molecule has 0 unspecified atom stereocenters. The maximum absolute atomic E-state index is 13.7. The zero-order valence-electron chi connectivity index (χ0n) is 15.0. The van der Waals surface area contributed by atoms with Gasteiger partial charge in [-0.25, -0.2) is 9.07 Å². The Balaban J connectivity index is 1.75. The van der Waals surface area contributed by atoms with Crippen LogP contribution in [0.4, 0.5) is 10.1 Å². The number of hydrogen-bond acceptors (Lipinski definition) is 3. The number of methoxy groups -OCH3 is 1. The number of halogens is 1. The van der Waals surface area contributed by atoms with Gasteiger partial charge in [-0.3, -0.25) is 4.79 Å². The first kappa shape index (κ1) is 17.5. The van der Waals surface area contributed by atoms with Crippen LogP contribution in [0.25, 0.3) is 11.5 Å². The predicted octanol–water partition coefficient (Wildman–Crippen LogP) is 4.06. The molecule has 28 heavy (non-hydrogen) atoms. The zero-order valence-corrected chi connectivity index (χ0v) is 15.0. The molecular weight excluding hydrogens is 359 g/mol. The standard InChI is InChI=1S/C21H17FN4O2/c1-28-18-9-5-7-16(13-18)24-20(27)19-14-23-26(17-8-4-6-15(22)12-17)21(19)25-10-2-3-11-25/h2-14H,1H3,(H,24,27). The Morgan fingerprint density at radius 3 is 2.61 bits per heavy atom. The molecule has 6 nitrogen and oxygen atoms in total. The van der Waals surface area contributed by atoms with Gasteiger partial charge in [-0.05, 0) is 42.5 Å². The Morgan fingerprint density at radius 1 is 1.07 bits per heavy atom. The third-order valence-corrected chi connectivity index (χ3v) is 4.22. The summed E-state index contributed by atoms with van der Waals surface area (Å²) >= 11 is 0. The highest BCUT2D eigenvalue weighted by molar-refractivity contribution is 6.06. The lowest BCUT2D eigenvalue weighted by Crippen LogP contribution is -2.15. The van der Waals surface area contributed by atoms with Gasteiger partial charge in [0.25, 0.3) is 5.91 Å². The van der Waals surface area contributed by atoms with Gasteiger partial charge in [0.15, 0.2) is 5.82 Å². The fraction of sp³-hybridized carbons (Fsp3) is 0.0476. The number of hydrogen-bond donors (Lipinski definition) is 1. The van der Waals surface area contributed by atoms with Gasteiger partial charge >= 0.3 is 0 Å². The Morgan fingerprint density at radius 2 is 1.86 bits per heavy atom. The number of ether oxygens (including phenoxy) is 1. The Bertz CT molecular complexity index is 1120. The van der Waals surface area contributed by atoms with Crippen LogP contribution >= 0.6 is 0 Å². The van der Waals surface area contributed by atoms with E-state index in [2.05, 4.69) is 10.4 Å². The van der Waals surface area contributed by atoms with Crippen LogP contribution in [0.5, 0.6) is 5.75 Å². The topological polar surface area (TPSA) is 61.1 Å². The molecule has 4 aromatic rings. The third-order valence-electron chi connectivity index (χ3n) is 4.22. The van der Waals surface area contributed by atoms with Crippen molar-refractivity contribution in [1.29, 1.82) is 0 Å². The number of carbonyl (C=O) groups is 1. The molecule has 0 spiro atoms. The maximum Gasteiger partial charge on any atom is 0.261 e. The van der Waals surface area contributed by atoms with Gasteiger partial charge in [0.05, 0.1) is 19.0 Å². The van der Waals surface area contributed by atoms with E-state index in [9.17, 15) is 9.18 Å². The van der Waals surface area contributed by atoms with Gasteiger partial charge in [-0.15, -0.1) is 0 Å². The molecule has 0 fully saturated rings. The van der Waals surface area contributed by atoms with Crippen molar-refractivity contribution >= 4 is 11.6 Å². The van der Waals surface area contributed by atoms with E-state index in [4.69, 9.17) is 4.74 Å². The van der Waals surface area contributed by atoms with E-state index in [-0.39, 0.29) is 11.7 Å². The average molecular weight is 376 g/mol. The lowest BCUT2D eigenvalue weighted by Gasteiger charge is -2.11. The molecule has 2 heterocycles. The molecule has 7 heteroatoms. The van der Waals surface area contributed by atoms with Crippen LogP contribution in [0, 0.1) is 5.82 Å². The maximum atomic E-state index is 13.7. The first-order valence-corrected chi connectivity index (χ1v) is 8.58. The molecule has 1 amide bonds. The van der Waals surface area contributed by atoms with Crippen molar-refractivity contribution in [2.75, 3.05) is 12.4 Å². The second-order valence-electron chi connectivity index (χ2n) is 6.05. The molecular formula is C21H17FN4O2. The van der Waals surface area contributed by atoms with Crippen molar-refractivity contribution in [2.45, 2.75) is 0 Å². The smallest absolute Gasteiger partial charge is 0.261 e. The lowest BCUT2D eigenvalue weighted by atomic mass is 10.2. The number of carbonyl (C=O) groups excluding carboxylic acids is 1. The molecule has 2 aromatic heterocycles. The van der Waals surface area contributed by atoms with E-state index in [1.54, 1.807) is 60.5 Å². The number of rotatable bonds is 5. The molecule has 0 aliphatic heterocycles. The van der Waals surface area contributed by atoms with Gasteiger partial charge in [-0.1, -0.05) is 12.1 Å². The van der Waals surface area contributed by atoms with Crippen LogP contribution in [0.3, 0.4) is 0 Å². The summed E-state index contributed by atoms with van der Waals surface area (Å²) in [5.41, 5.74) is 1.47. The Kier molecular flexibility index (Phi) is 4.63. The van der Waals surface area contributed by atoms with Crippen LogP contribution in [0.15, 0.2) is 79.3 Å². The van der Waals surface area contributed by atoms with Crippen LogP contribution < -0.4 is 10.1 Å². The molecule has 140 valence electrons. The van der Waals surface area contributed by atoms with Gasteiger partial charge in [0.2, 0.25) is 0 Å². The summed E-state index contributed by atoms with van der Waals surface area (Å²) in [6.45, 7) is 0. The summed E-state index contributed by atoms with van der Waals surface area (Å²) < 4.78 is 22.2. The van der Waals surface area contributed by atoms with E-state index in [0.717, 1.165) is 0 Å². The highest BCUT2D eigenvalue weighted by Crippen LogP contribution is 2.23. The summed E-state index contributed by atoms with van der Waals surface area (Å²) in [7, 11) is 1.56. The molecule has 0 atom stereocenters. The number of amides is 1. The molecule has 0 aliphatic carbocycles. The minimum atomic E-state index is -0.381. The fourth-order valence-corrected chi connectivity index (χ4v) is 2.92. The molecule has 2 aromatic carbocycles. The quantitative estimate of drug-likeness (QED) is 0.571. The third kappa shape index (κ3) is 3.37. The molecule has 1 N–H and O–H groups in total. The molecule has 0 saturated heterocycles. The van der Waals surface area contributed by atoms with E-state index in [0.29, 0.717) is 28.5 Å². The van der Waals surface area contributed by atoms with Crippen molar-refractivity contribution in [3.05, 3.63) is 90.6 Å². The second-order valence-corrected chi connectivity index (χ2v) is 6.05. The highest BCUT2D eigenvalue weighted by Gasteiger charge is 2.20. The summed E-state index contributed by atoms with van der Waals surface area (Å²) in [5.74, 6) is 0.434. The number of anilines is 1. The average Bonchev–Trinajstić information content (AvgIpc) is 3.37. The summed E-state index contributed by atoms with van der Waals surface area (Å²) in [4.78, 5) is 12.9. The SMILES string of the molecule is COc1cccc(NC(=O)c2cnn(-c3cccc(F)c3)c2-n2cccc2)c1. The van der Waals surface area contributed by atoms with Crippen LogP contribution in [0.1, 0.15) is 10.4 Å². The van der Waals surface area contributed by atoms with Gasteiger partial charge in [0, 0.05) is 24.1 Å². The molecule has 0 bridgehead atoms. The van der Waals surface area contributed by atoms with Gasteiger partial charge in [-0.2, -0.15) is 5.10 Å². The Hall–Kier alpha value is -3.87. The van der Waals surface area contributed by atoms with Crippen molar-refractivity contribution in [1.82, 2.24) is 14.3 Å². The van der Waals surface area contributed by atoms with E-state index in [1.807, 2.05) is 12.1 Å². The van der Waals surface area contributed by atoms with Crippen LogP contribution in [-0.4, -0.2) is 27.4 Å². The highest BCUT2D eigenvalue weighted by atomic mass is 19.1. The molecule has 4 rings (SSSR count). The van der Waals surface area contributed by atoms with Gasteiger partial charge in [0.1, 0.15) is 17.1 Å². The predicted molar refractivity (Wildman–Crippen MR) is 104 cm³/mol. The van der Waals surface area contributed by atoms with E-state index in [1.165, 1.54) is 23.0 Å². The summed E-state index contributed by atoms with van der Waals surface area (Å²) in [6, 6.07) is 16.8. The van der Waals surface area contributed by atoms with Crippen LogP contribution in [-0.2, 0) is 0 Å². The summed E-state index contributed by atoms with van der Waals surface area (Å²) in [5, 5.41) is 7.18. The number of nitrogens with zero attached hydrogens (tertiary/aromatic N) is 3.